The number of carbonyl (C=O) groups excluding carboxylic acids is 1. The molecule has 2 aliphatic rings. The number of hydrogen-bond acceptors (Lipinski definition) is 4. The van der Waals surface area contributed by atoms with Crippen molar-refractivity contribution in [3.8, 4) is 0 Å². The zero-order valence-corrected chi connectivity index (χ0v) is 16.4. The van der Waals surface area contributed by atoms with Crippen molar-refractivity contribution in [1.82, 2.24) is 19.6 Å². The number of benzene rings is 1. The second-order valence-corrected chi connectivity index (χ2v) is 7.53. The zero-order valence-electron chi connectivity index (χ0n) is 16.4. The van der Waals surface area contributed by atoms with Crippen LogP contribution < -0.4 is 0 Å². The molecule has 7 heteroatoms. The quantitative estimate of drug-likeness (QED) is 0.864. The fraction of sp³-hybridized carbons (Fsp3) is 0.600. The maximum absolute atomic E-state index is 11.5. The van der Waals surface area contributed by atoms with Gasteiger partial charge in [-0.25, -0.2) is 4.79 Å². The van der Waals surface area contributed by atoms with Crippen LogP contribution >= 0.6 is 0 Å². The lowest BCUT2D eigenvalue weighted by molar-refractivity contribution is -0.130. The van der Waals surface area contributed by atoms with Crippen LogP contribution in [0, 0.1) is 6.92 Å². The van der Waals surface area contributed by atoms with Crippen LogP contribution in [0.3, 0.4) is 0 Å². The Morgan fingerprint density at radius 3 is 1.70 bits per heavy atom. The topological polar surface area (TPSA) is 67.3 Å². The number of carboxylic acid groups (broad SMARTS) is 1. The first-order valence-electron chi connectivity index (χ1n) is 9.69. The Hall–Kier alpha value is -2.12. The lowest BCUT2D eigenvalue weighted by Crippen LogP contribution is -2.48. The van der Waals surface area contributed by atoms with E-state index in [1.807, 2.05) is 4.90 Å². The SMILES string of the molecule is CC(=O)N1CCN(Cc2cccc(CN3CCN(C(=O)O)CC3)c2C)CC1. The molecule has 3 rings (SSSR count). The maximum Gasteiger partial charge on any atom is 0.407 e. The molecule has 1 aromatic rings. The fourth-order valence-electron chi connectivity index (χ4n) is 3.88. The molecule has 0 aromatic heterocycles. The van der Waals surface area contributed by atoms with E-state index in [9.17, 15) is 9.59 Å². The van der Waals surface area contributed by atoms with Crippen LogP contribution in [0.4, 0.5) is 4.79 Å². The minimum absolute atomic E-state index is 0.163. The Bertz CT molecular complexity index is 624. The highest BCUT2D eigenvalue weighted by Crippen LogP contribution is 2.19. The first-order chi connectivity index (χ1) is 12.9. The molecule has 1 aromatic carbocycles. The van der Waals surface area contributed by atoms with Crippen LogP contribution in [-0.4, -0.2) is 89.1 Å². The highest BCUT2D eigenvalue weighted by molar-refractivity contribution is 5.73. The van der Waals surface area contributed by atoms with Gasteiger partial charge < -0.3 is 14.9 Å². The molecule has 148 valence electrons. The van der Waals surface area contributed by atoms with Crippen molar-refractivity contribution in [3.63, 3.8) is 0 Å². The molecule has 2 heterocycles. The van der Waals surface area contributed by atoms with E-state index in [4.69, 9.17) is 5.11 Å². The molecule has 0 saturated carbocycles. The molecule has 7 nitrogen and oxygen atoms in total. The highest BCUT2D eigenvalue weighted by atomic mass is 16.4. The summed E-state index contributed by atoms with van der Waals surface area (Å²) in [4.78, 5) is 30.7. The summed E-state index contributed by atoms with van der Waals surface area (Å²) in [6.07, 6.45) is -0.822. The summed E-state index contributed by atoms with van der Waals surface area (Å²) >= 11 is 0. The molecule has 27 heavy (non-hydrogen) atoms. The average Bonchev–Trinajstić information content (AvgIpc) is 2.66. The van der Waals surface area contributed by atoms with Gasteiger partial charge in [0.1, 0.15) is 0 Å². The van der Waals surface area contributed by atoms with Gasteiger partial charge in [-0.3, -0.25) is 14.6 Å². The zero-order chi connectivity index (χ0) is 19.4. The summed E-state index contributed by atoms with van der Waals surface area (Å²) in [5.41, 5.74) is 3.98. The minimum atomic E-state index is -0.822. The number of amides is 2. The van der Waals surface area contributed by atoms with E-state index in [0.29, 0.717) is 13.1 Å². The number of piperazine rings is 2. The summed E-state index contributed by atoms with van der Waals surface area (Å²) < 4.78 is 0. The maximum atomic E-state index is 11.5. The first kappa shape index (κ1) is 19.6. The number of nitrogens with zero attached hydrogens (tertiary/aromatic N) is 4. The second-order valence-electron chi connectivity index (χ2n) is 7.53. The molecule has 0 spiro atoms. The van der Waals surface area contributed by atoms with Gasteiger partial charge in [-0.2, -0.15) is 0 Å². The van der Waals surface area contributed by atoms with Crippen molar-refractivity contribution in [2.45, 2.75) is 26.9 Å². The monoisotopic (exact) mass is 374 g/mol. The van der Waals surface area contributed by atoms with Gasteiger partial charge in [-0.05, 0) is 23.6 Å². The van der Waals surface area contributed by atoms with Crippen molar-refractivity contribution in [2.75, 3.05) is 52.4 Å². The predicted octanol–water partition coefficient (Wildman–Crippen LogP) is 1.45. The number of carbonyl (C=O) groups is 2. The third kappa shape index (κ3) is 4.99. The Labute approximate surface area is 161 Å². The third-order valence-electron chi connectivity index (χ3n) is 5.81. The van der Waals surface area contributed by atoms with E-state index in [-0.39, 0.29) is 5.91 Å². The first-order valence-corrected chi connectivity index (χ1v) is 9.69. The van der Waals surface area contributed by atoms with Crippen LogP contribution in [0.2, 0.25) is 0 Å². The van der Waals surface area contributed by atoms with Gasteiger partial charge in [0.25, 0.3) is 0 Å². The molecule has 0 bridgehead atoms. The summed E-state index contributed by atoms with van der Waals surface area (Å²) in [5.74, 6) is 0.163. The van der Waals surface area contributed by atoms with Crippen LogP contribution in [0.25, 0.3) is 0 Å². The van der Waals surface area contributed by atoms with Gasteiger partial charge in [0.2, 0.25) is 5.91 Å². The molecule has 2 aliphatic heterocycles. The highest BCUT2D eigenvalue weighted by Gasteiger charge is 2.22. The lowest BCUT2D eigenvalue weighted by atomic mass is 10.0. The van der Waals surface area contributed by atoms with Crippen molar-refractivity contribution in [2.24, 2.45) is 0 Å². The lowest BCUT2D eigenvalue weighted by Gasteiger charge is -2.35. The standard InChI is InChI=1S/C20H30N4O3/c1-16-18(14-21-6-10-23(11-7-21)17(2)25)4-3-5-19(16)15-22-8-12-24(13-9-22)20(26)27/h3-5H,6-15H2,1-2H3,(H,26,27). The molecule has 2 fully saturated rings. The number of rotatable bonds is 4. The Kier molecular flexibility index (Phi) is 6.34. The summed E-state index contributed by atoms with van der Waals surface area (Å²) in [5, 5.41) is 9.08. The van der Waals surface area contributed by atoms with Gasteiger partial charge in [0.15, 0.2) is 0 Å². The fourth-order valence-corrected chi connectivity index (χ4v) is 3.88. The van der Waals surface area contributed by atoms with E-state index in [0.717, 1.165) is 52.4 Å². The largest absolute Gasteiger partial charge is 0.465 e. The molecular formula is C20H30N4O3. The van der Waals surface area contributed by atoms with E-state index in [2.05, 4.69) is 34.9 Å². The van der Waals surface area contributed by atoms with Crippen molar-refractivity contribution >= 4 is 12.0 Å². The van der Waals surface area contributed by atoms with E-state index < -0.39 is 6.09 Å². The van der Waals surface area contributed by atoms with Gasteiger partial charge >= 0.3 is 6.09 Å². The summed E-state index contributed by atoms with van der Waals surface area (Å²) in [7, 11) is 0. The smallest absolute Gasteiger partial charge is 0.407 e. The van der Waals surface area contributed by atoms with E-state index in [1.54, 1.807) is 6.92 Å². The Morgan fingerprint density at radius 1 is 0.852 bits per heavy atom. The normalized spacial score (nSPS) is 19.3. The van der Waals surface area contributed by atoms with Crippen LogP contribution in [0.1, 0.15) is 23.6 Å². The molecule has 1 N–H and O–H groups in total. The van der Waals surface area contributed by atoms with E-state index in [1.165, 1.54) is 21.6 Å². The van der Waals surface area contributed by atoms with Gasteiger partial charge in [0, 0.05) is 72.4 Å². The second kappa shape index (κ2) is 8.71. The molecule has 0 radical (unpaired) electrons. The molecule has 0 aliphatic carbocycles. The van der Waals surface area contributed by atoms with Gasteiger partial charge in [-0.1, -0.05) is 18.2 Å². The average molecular weight is 374 g/mol. The molecule has 2 saturated heterocycles. The predicted molar refractivity (Wildman–Crippen MR) is 104 cm³/mol. The Balaban J connectivity index is 1.56. The van der Waals surface area contributed by atoms with Gasteiger partial charge in [-0.15, -0.1) is 0 Å². The van der Waals surface area contributed by atoms with Crippen LogP contribution in [0.5, 0.6) is 0 Å². The molecule has 0 atom stereocenters. The van der Waals surface area contributed by atoms with Crippen LogP contribution in [-0.2, 0) is 17.9 Å². The molecule has 0 unspecified atom stereocenters. The van der Waals surface area contributed by atoms with Gasteiger partial charge in [0.05, 0.1) is 0 Å². The molecular weight excluding hydrogens is 344 g/mol. The van der Waals surface area contributed by atoms with Crippen molar-refractivity contribution < 1.29 is 14.7 Å². The minimum Gasteiger partial charge on any atom is -0.465 e. The summed E-state index contributed by atoms with van der Waals surface area (Å²) in [6.45, 7) is 11.8. The summed E-state index contributed by atoms with van der Waals surface area (Å²) in [6, 6.07) is 6.49. The third-order valence-corrected chi connectivity index (χ3v) is 5.81. The van der Waals surface area contributed by atoms with Crippen LogP contribution in [0.15, 0.2) is 18.2 Å². The molecule has 2 amide bonds. The van der Waals surface area contributed by atoms with Crippen molar-refractivity contribution in [1.29, 1.82) is 0 Å². The van der Waals surface area contributed by atoms with E-state index >= 15 is 0 Å². The number of hydrogen-bond donors (Lipinski definition) is 1. The Morgan fingerprint density at radius 2 is 1.30 bits per heavy atom. The van der Waals surface area contributed by atoms with Crippen molar-refractivity contribution in [3.05, 3.63) is 34.9 Å².